The number of nitrogens with one attached hydrogen (secondary N) is 1. The van der Waals surface area contributed by atoms with Crippen molar-refractivity contribution in [2.24, 2.45) is 5.92 Å². The number of rotatable bonds is 6. The number of aromatic nitrogens is 2. The summed E-state index contributed by atoms with van der Waals surface area (Å²) in [5.74, 6) is 2.82. The summed E-state index contributed by atoms with van der Waals surface area (Å²) in [6.07, 6.45) is 7.64. The lowest BCUT2D eigenvalue weighted by molar-refractivity contribution is 0.0476. The van der Waals surface area contributed by atoms with Gasteiger partial charge in [-0.15, -0.1) is 0 Å². The van der Waals surface area contributed by atoms with E-state index in [-0.39, 0.29) is 12.0 Å². The molecule has 8 heteroatoms. The van der Waals surface area contributed by atoms with Crippen molar-refractivity contribution >= 4 is 21.8 Å². The summed E-state index contributed by atoms with van der Waals surface area (Å²) < 4.78 is 14.9. The molecule has 2 aliphatic rings. The van der Waals surface area contributed by atoms with Gasteiger partial charge >= 0.3 is 0 Å². The van der Waals surface area contributed by atoms with E-state index in [0.717, 1.165) is 54.3 Å². The van der Waals surface area contributed by atoms with Crippen molar-refractivity contribution in [3.05, 3.63) is 71.1 Å². The fourth-order valence-electron chi connectivity index (χ4n) is 4.34. The molecule has 1 saturated heterocycles. The van der Waals surface area contributed by atoms with Gasteiger partial charge in [0.05, 0.1) is 5.56 Å². The van der Waals surface area contributed by atoms with Gasteiger partial charge < -0.3 is 19.4 Å². The second-order valence-electron chi connectivity index (χ2n) is 8.59. The van der Waals surface area contributed by atoms with Crippen molar-refractivity contribution in [2.75, 3.05) is 32.8 Å². The number of benzene rings is 1. The molecule has 1 atom stereocenters. The zero-order chi connectivity index (χ0) is 22.6. The van der Waals surface area contributed by atoms with Crippen molar-refractivity contribution in [1.29, 1.82) is 0 Å². The van der Waals surface area contributed by atoms with Gasteiger partial charge in [-0.1, -0.05) is 15.9 Å². The molecule has 3 aromatic rings. The Morgan fingerprint density at radius 1 is 1.12 bits per heavy atom. The molecular formula is C25H27BrN4O3. The number of amides is 1. The van der Waals surface area contributed by atoms with Crippen LogP contribution in [0.1, 0.15) is 23.2 Å². The maximum Gasteiger partial charge on any atom is 0.252 e. The highest BCUT2D eigenvalue weighted by atomic mass is 79.9. The van der Waals surface area contributed by atoms with E-state index in [9.17, 15) is 4.79 Å². The maximum absolute atomic E-state index is 12.5. The number of piperidine rings is 1. The molecule has 33 heavy (non-hydrogen) atoms. The molecule has 0 spiro atoms. The molecule has 5 rings (SSSR count). The van der Waals surface area contributed by atoms with Crippen LogP contribution in [-0.4, -0.2) is 59.2 Å². The van der Waals surface area contributed by atoms with Crippen LogP contribution in [0.25, 0.3) is 5.82 Å². The number of likely N-dealkylation sites (tertiary alicyclic amines) is 1. The van der Waals surface area contributed by atoms with Gasteiger partial charge in [0.25, 0.3) is 5.91 Å². The van der Waals surface area contributed by atoms with Crippen LogP contribution in [0.5, 0.6) is 11.5 Å². The molecule has 1 amide bonds. The van der Waals surface area contributed by atoms with Crippen molar-refractivity contribution in [3.8, 4) is 17.3 Å². The lowest BCUT2D eigenvalue weighted by atomic mass is 9.96. The first kappa shape index (κ1) is 22.0. The topological polar surface area (TPSA) is 68.6 Å². The predicted molar refractivity (Wildman–Crippen MR) is 129 cm³/mol. The maximum atomic E-state index is 12.5. The molecule has 2 aromatic heterocycles. The van der Waals surface area contributed by atoms with Gasteiger partial charge in [0.15, 0.2) is 11.5 Å². The number of fused-ring (bicyclic) bond motifs is 1. The molecule has 172 valence electrons. The molecule has 4 heterocycles. The van der Waals surface area contributed by atoms with Crippen LogP contribution in [0.15, 0.2) is 65.5 Å². The number of pyridine rings is 1. The van der Waals surface area contributed by atoms with Crippen LogP contribution in [0, 0.1) is 5.92 Å². The monoisotopic (exact) mass is 510 g/mol. The molecule has 7 nitrogen and oxygen atoms in total. The zero-order valence-electron chi connectivity index (χ0n) is 18.3. The summed E-state index contributed by atoms with van der Waals surface area (Å²) in [7, 11) is 0. The highest BCUT2D eigenvalue weighted by molar-refractivity contribution is 9.10. The van der Waals surface area contributed by atoms with Crippen molar-refractivity contribution in [3.63, 3.8) is 0 Å². The zero-order valence-corrected chi connectivity index (χ0v) is 19.9. The molecule has 0 saturated carbocycles. The molecule has 1 unspecified atom stereocenters. The Hall–Kier alpha value is -2.84. The summed E-state index contributed by atoms with van der Waals surface area (Å²) >= 11 is 3.49. The van der Waals surface area contributed by atoms with Crippen LogP contribution in [0.4, 0.5) is 0 Å². The van der Waals surface area contributed by atoms with Gasteiger partial charge in [0.1, 0.15) is 18.5 Å². The largest absolute Gasteiger partial charge is 0.486 e. The molecule has 0 bridgehead atoms. The molecule has 0 aliphatic carbocycles. The van der Waals surface area contributed by atoms with Gasteiger partial charge in [-0.3, -0.25) is 9.69 Å². The van der Waals surface area contributed by atoms with Crippen molar-refractivity contribution in [1.82, 2.24) is 19.8 Å². The third-order valence-corrected chi connectivity index (χ3v) is 6.72. The van der Waals surface area contributed by atoms with Crippen LogP contribution >= 0.6 is 15.9 Å². The predicted octanol–water partition coefficient (Wildman–Crippen LogP) is 3.92. The summed E-state index contributed by atoms with van der Waals surface area (Å²) in [4.78, 5) is 19.4. The van der Waals surface area contributed by atoms with Gasteiger partial charge in [-0.05, 0) is 74.3 Å². The Bertz CT molecular complexity index is 1080. The van der Waals surface area contributed by atoms with E-state index >= 15 is 0 Å². The summed E-state index contributed by atoms with van der Waals surface area (Å²) in [5, 5.41) is 3.08. The van der Waals surface area contributed by atoms with Gasteiger partial charge in [-0.2, -0.15) is 0 Å². The number of hydrogen-bond donors (Lipinski definition) is 1. The van der Waals surface area contributed by atoms with E-state index in [2.05, 4.69) is 31.1 Å². The van der Waals surface area contributed by atoms with Gasteiger partial charge in [0, 0.05) is 36.2 Å². The second-order valence-corrected chi connectivity index (χ2v) is 9.51. The standard InChI is InChI=1S/C25H27BrN4O3/c26-20-4-5-22-23(13-20)33-21(17-32-22)16-29-11-7-18(8-12-29)14-28-25(31)19-3-6-24(27-15-19)30-9-1-2-10-30/h1-6,9-10,13,15,18,21H,7-8,11-12,14,16-17H2,(H,28,31). The van der Waals surface area contributed by atoms with E-state index in [1.54, 1.807) is 6.20 Å². The second kappa shape index (κ2) is 9.97. The lowest BCUT2D eigenvalue weighted by Crippen LogP contribution is -2.45. The van der Waals surface area contributed by atoms with Crippen LogP contribution < -0.4 is 14.8 Å². The molecule has 1 aromatic carbocycles. The molecular weight excluding hydrogens is 484 g/mol. The highest BCUT2D eigenvalue weighted by Gasteiger charge is 2.26. The number of nitrogens with zero attached hydrogens (tertiary/aromatic N) is 3. The Kier molecular flexibility index (Phi) is 6.64. The van der Waals surface area contributed by atoms with E-state index in [0.29, 0.717) is 24.6 Å². The summed E-state index contributed by atoms with van der Waals surface area (Å²) in [6.45, 7) is 4.11. The normalized spacial score (nSPS) is 18.8. The van der Waals surface area contributed by atoms with Crippen LogP contribution in [-0.2, 0) is 0 Å². The first-order valence-electron chi connectivity index (χ1n) is 11.3. The Balaban J connectivity index is 1.05. The van der Waals surface area contributed by atoms with Gasteiger partial charge in [0.2, 0.25) is 0 Å². The highest BCUT2D eigenvalue weighted by Crippen LogP contribution is 2.34. The average Bonchev–Trinajstić information content (AvgIpc) is 3.38. The third kappa shape index (κ3) is 5.39. The summed E-state index contributed by atoms with van der Waals surface area (Å²) in [6, 6.07) is 13.4. The fraction of sp³-hybridized carbons (Fsp3) is 0.360. The van der Waals surface area contributed by atoms with E-state index in [1.165, 1.54) is 0 Å². The minimum atomic E-state index is -0.0680. The number of halogens is 1. The lowest BCUT2D eigenvalue weighted by Gasteiger charge is -2.35. The minimum Gasteiger partial charge on any atom is -0.486 e. The first-order chi connectivity index (χ1) is 16.1. The van der Waals surface area contributed by atoms with Crippen LogP contribution in [0.3, 0.4) is 0 Å². The number of carbonyl (C=O) groups is 1. The minimum absolute atomic E-state index is 0.0325. The average molecular weight is 511 g/mol. The van der Waals surface area contributed by atoms with E-state index in [4.69, 9.17) is 9.47 Å². The SMILES string of the molecule is O=C(NCC1CCN(CC2COc3ccc(Br)cc3O2)CC1)c1ccc(-n2cccc2)nc1. The van der Waals surface area contributed by atoms with Crippen molar-refractivity contribution in [2.45, 2.75) is 18.9 Å². The number of carbonyl (C=O) groups excluding carboxylic acids is 1. The number of hydrogen-bond acceptors (Lipinski definition) is 5. The fourth-order valence-corrected chi connectivity index (χ4v) is 4.68. The molecule has 1 N–H and O–H groups in total. The Morgan fingerprint density at radius 2 is 1.94 bits per heavy atom. The molecule has 2 aliphatic heterocycles. The Morgan fingerprint density at radius 3 is 2.70 bits per heavy atom. The first-order valence-corrected chi connectivity index (χ1v) is 12.1. The van der Waals surface area contributed by atoms with Gasteiger partial charge in [-0.25, -0.2) is 4.98 Å². The van der Waals surface area contributed by atoms with Crippen molar-refractivity contribution < 1.29 is 14.3 Å². The Labute approximate surface area is 201 Å². The molecule has 0 radical (unpaired) electrons. The third-order valence-electron chi connectivity index (χ3n) is 6.22. The quantitative estimate of drug-likeness (QED) is 0.544. The molecule has 1 fully saturated rings. The van der Waals surface area contributed by atoms with E-state index in [1.807, 2.05) is 59.4 Å². The van der Waals surface area contributed by atoms with Crippen LogP contribution in [0.2, 0.25) is 0 Å². The summed E-state index contributed by atoms with van der Waals surface area (Å²) in [5.41, 5.74) is 0.588. The smallest absolute Gasteiger partial charge is 0.252 e. The van der Waals surface area contributed by atoms with E-state index < -0.39 is 0 Å². The number of ether oxygens (including phenoxy) is 2.